The van der Waals surface area contributed by atoms with Gasteiger partial charge in [0.05, 0.1) is 6.61 Å². The normalized spacial score (nSPS) is 24.6. The van der Waals surface area contributed by atoms with Crippen LogP contribution in [0.3, 0.4) is 0 Å². The molecule has 0 heterocycles. The van der Waals surface area contributed by atoms with Gasteiger partial charge < -0.3 is 9.47 Å². The zero-order chi connectivity index (χ0) is 27.0. The van der Waals surface area contributed by atoms with Crippen molar-refractivity contribution in [3.63, 3.8) is 0 Å². The molecule has 2 aliphatic rings. The second-order valence-corrected chi connectivity index (χ2v) is 12.5. The summed E-state index contributed by atoms with van der Waals surface area (Å²) in [5.74, 6) is 4.25. The Bertz CT molecular complexity index is 645. The van der Waals surface area contributed by atoms with Crippen molar-refractivity contribution < 1.29 is 9.47 Å². The summed E-state index contributed by atoms with van der Waals surface area (Å²) in [6, 6.07) is 8.69. The maximum atomic E-state index is 6.63. The molecule has 5 atom stereocenters. The zero-order valence-electron chi connectivity index (χ0n) is 25.7. The van der Waals surface area contributed by atoms with Crippen molar-refractivity contribution in [2.75, 3.05) is 6.61 Å². The first kappa shape index (κ1) is 33.0. The predicted octanol–water partition coefficient (Wildman–Crippen LogP) is 10.9. The van der Waals surface area contributed by atoms with E-state index < -0.39 is 0 Å². The Morgan fingerprint density at radius 1 is 0.944 bits per heavy atom. The number of benzene rings is 1. The van der Waals surface area contributed by atoms with Crippen LogP contribution in [0.1, 0.15) is 139 Å². The lowest BCUT2D eigenvalue weighted by Gasteiger charge is -2.50. The molecule has 0 spiro atoms. The molecule has 2 heteroatoms. The van der Waals surface area contributed by atoms with E-state index in [0.29, 0.717) is 0 Å². The van der Waals surface area contributed by atoms with E-state index in [2.05, 4.69) is 86.6 Å². The fraction of sp³-hybridized carbons (Fsp3) is 0.824. The van der Waals surface area contributed by atoms with Gasteiger partial charge in [-0.2, -0.15) is 0 Å². The van der Waals surface area contributed by atoms with Crippen LogP contribution >= 0.6 is 0 Å². The first-order valence-corrected chi connectivity index (χ1v) is 15.6. The Hall–Kier alpha value is -1.02. The third kappa shape index (κ3) is 12.0. The molecular formula is C34H62O2. The molecule has 3 rings (SSSR count). The van der Waals surface area contributed by atoms with Gasteiger partial charge in [-0.3, -0.25) is 0 Å². The third-order valence-electron chi connectivity index (χ3n) is 7.62. The predicted molar refractivity (Wildman–Crippen MR) is 159 cm³/mol. The van der Waals surface area contributed by atoms with E-state index in [0.717, 1.165) is 48.9 Å². The maximum absolute atomic E-state index is 6.63. The van der Waals surface area contributed by atoms with Crippen LogP contribution in [0.25, 0.3) is 0 Å². The number of ether oxygens (including phenoxy) is 2. The van der Waals surface area contributed by atoms with Gasteiger partial charge in [-0.15, -0.1) is 0 Å². The summed E-state index contributed by atoms with van der Waals surface area (Å²) in [5, 5.41) is 0. The van der Waals surface area contributed by atoms with Crippen molar-refractivity contribution in [1.82, 2.24) is 0 Å². The molecule has 210 valence electrons. The third-order valence-corrected chi connectivity index (χ3v) is 7.62. The molecule has 1 aromatic carbocycles. The molecule has 0 saturated heterocycles. The Morgan fingerprint density at radius 2 is 1.58 bits per heavy atom. The van der Waals surface area contributed by atoms with Crippen LogP contribution < -0.4 is 4.74 Å². The SMILES string of the molecule is CC(C)C.CCC.CCCC(CC)CCOC(Oc1ccc(CC)cc1)C12CCCC(CC(C)C1)C2. The van der Waals surface area contributed by atoms with Gasteiger partial charge in [-0.1, -0.05) is 113 Å². The summed E-state index contributed by atoms with van der Waals surface area (Å²) in [6.07, 6.45) is 15.2. The number of hydrogen-bond acceptors (Lipinski definition) is 2. The minimum absolute atomic E-state index is 0.0975. The molecule has 0 N–H and O–H groups in total. The van der Waals surface area contributed by atoms with Gasteiger partial charge in [0.15, 0.2) is 0 Å². The van der Waals surface area contributed by atoms with Crippen LogP contribution in [-0.4, -0.2) is 12.9 Å². The Morgan fingerprint density at radius 3 is 2.14 bits per heavy atom. The molecular weight excluding hydrogens is 440 g/mol. The van der Waals surface area contributed by atoms with Crippen molar-refractivity contribution in [3.05, 3.63) is 29.8 Å². The van der Waals surface area contributed by atoms with E-state index in [4.69, 9.17) is 9.47 Å². The summed E-state index contributed by atoms with van der Waals surface area (Å²) in [7, 11) is 0. The lowest BCUT2D eigenvalue weighted by atomic mass is 9.59. The number of hydrogen-bond donors (Lipinski definition) is 0. The minimum atomic E-state index is -0.0975. The van der Waals surface area contributed by atoms with E-state index in [1.165, 1.54) is 69.8 Å². The van der Waals surface area contributed by atoms with Crippen LogP contribution in [-0.2, 0) is 11.2 Å². The molecule has 0 aromatic heterocycles. The van der Waals surface area contributed by atoms with E-state index in [1.54, 1.807) is 0 Å². The van der Waals surface area contributed by atoms with Gasteiger partial charge in [0.1, 0.15) is 5.75 Å². The lowest BCUT2D eigenvalue weighted by molar-refractivity contribution is -0.193. The summed E-state index contributed by atoms with van der Waals surface area (Å²) < 4.78 is 13.3. The second kappa shape index (κ2) is 18.3. The minimum Gasteiger partial charge on any atom is -0.464 e. The highest BCUT2D eigenvalue weighted by atomic mass is 16.7. The molecule has 5 unspecified atom stereocenters. The number of aryl methyl sites for hydroxylation is 1. The fourth-order valence-corrected chi connectivity index (χ4v) is 6.13. The first-order chi connectivity index (χ1) is 17.2. The monoisotopic (exact) mass is 502 g/mol. The molecule has 2 fully saturated rings. The van der Waals surface area contributed by atoms with Gasteiger partial charge in [0.25, 0.3) is 0 Å². The van der Waals surface area contributed by atoms with Crippen LogP contribution in [0.5, 0.6) is 5.75 Å². The van der Waals surface area contributed by atoms with Gasteiger partial charge in [-0.05, 0) is 79.9 Å². The highest BCUT2D eigenvalue weighted by Gasteiger charge is 2.49. The topological polar surface area (TPSA) is 18.5 Å². The average Bonchev–Trinajstić information content (AvgIpc) is 2.83. The molecule has 2 bridgehead atoms. The summed E-state index contributed by atoms with van der Waals surface area (Å²) in [5.41, 5.74) is 1.57. The average molecular weight is 503 g/mol. The van der Waals surface area contributed by atoms with E-state index in [1.807, 2.05) is 0 Å². The zero-order valence-corrected chi connectivity index (χ0v) is 25.7. The van der Waals surface area contributed by atoms with Gasteiger partial charge in [-0.25, -0.2) is 0 Å². The van der Waals surface area contributed by atoms with Crippen LogP contribution in [0.15, 0.2) is 24.3 Å². The van der Waals surface area contributed by atoms with Crippen molar-refractivity contribution in [3.8, 4) is 5.75 Å². The highest BCUT2D eigenvalue weighted by Crippen LogP contribution is 2.53. The molecule has 0 radical (unpaired) electrons. The van der Waals surface area contributed by atoms with Crippen molar-refractivity contribution in [2.45, 2.75) is 146 Å². The Balaban J connectivity index is 0.000000825. The first-order valence-electron chi connectivity index (χ1n) is 15.6. The van der Waals surface area contributed by atoms with E-state index in [-0.39, 0.29) is 11.7 Å². The second-order valence-electron chi connectivity index (χ2n) is 12.5. The number of rotatable bonds is 11. The summed E-state index contributed by atoms with van der Waals surface area (Å²) in [4.78, 5) is 0. The largest absolute Gasteiger partial charge is 0.464 e. The van der Waals surface area contributed by atoms with Gasteiger partial charge in [0, 0.05) is 5.41 Å². The molecule has 2 aliphatic carbocycles. The van der Waals surface area contributed by atoms with Crippen molar-refractivity contribution in [2.24, 2.45) is 29.1 Å². The highest BCUT2D eigenvalue weighted by molar-refractivity contribution is 5.27. The summed E-state index contributed by atoms with van der Waals surface area (Å²) >= 11 is 0. The van der Waals surface area contributed by atoms with E-state index >= 15 is 0 Å². The Labute approximate surface area is 226 Å². The van der Waals surface area contributed by atoms with Crippen molar-refractivity contribution >= 4 is 0 Å². The van der Waals surface area contributed by atoms with Gasteiger partial charge in [0.2, 0.25) is 6.29 Å². The Kier molecular flexibility index (Phi) is 16.7. The molecule has 2 nitrogen and oxygen atoms in total. The fourth-order valence-electron chi connectivity index (χ4n) is 6.13. The van der Waals surface area contributed by atoms with Crippen LogP contribution in [0.4, 0.5) is 0 Å². The van der Waals surface area contributed by atoms with Crippen LogP contribution in [0.2, 0.25) is 0 Å². The standard InChI is InChI=1S/C27H44O2.C4H10.C3H8/c1-5-9-22(6-2)15-17-28-26(29-25-13-11-23(7-3)12-14-25)27-16-8-10-24(20-27)18-21(4)19-27;1-4(2)3;1-3-2/h11-14,21-22,24,26H,5-10,15-20H2,1-4H3;4H,1-3H3;3H2,1-2H3. The lowest BCUT2D eigenvalue weighted by Crippen LogP contribution is -2.48. The molecule has 1 aromatic rings. The molecule has 2 saturated carbocycles. The van der Waals surface area contributed by atoms with Crippen LogP contribution in [0, 0.1) is 29.1 Å². The van der Waals surface area contributed by atoms with Crippen molar-refractivity contribution in [1.29, 1.82) is 0 Å². The smallest absolute Gasteiger partial charge is 0.205 e. The molecule has 0 amide bonds. The maximum Gasteiger partial charge on any atom is 0.205 e. The van der Waals surface area contributed by atoms with E-state index in [9.17, 15) is 0 Å². The molecule has 36 heavy (non-hydrogen) atoms. The number of fused-ring (bicyclic) bond motifs is 2. The van der Waals surface area contributed by atoms with Gasteiger partial charge >= 0.3 is 0 Å². The summed E-state index contributed by atoms with van der Waals surface area (Å²) in [6.45, 7) is 20.8. The quantitative estimate of drug-likeness (QED) is 0.280. The molecule has 0 aliphatic heterocycles.